The van der Waals surface area contributed by atoms with Crippen LogP contribution in [0, 0.1) is 0 Å². The average Bonchev–Trinajstić information content (AvgIpc) is 3.05. The van der Waals surface area contributed by atoms with Crippen molar-refractivity contribution in [3.05, 3.63) is 47.1 Å². The lowest BCUT2D eigenvalue weighted by molar-refractivity contribution is -0.455. The molecule has 1 aromatic carbocycles. The third-order valence-electron chi connectivity index (χ3n) is 4.22. The Kier molecular flexibility index (Phi) is 4.04. The highest BCUT2D eigenvalue weighted by Gasteiger charge is 2.21. The minimum absolute atomic E-state index is 0.463. The third kappa shape index (κ3) is 2.81. The van der Waals surface area contributed by atoms with Crippen molar-refractivity contribution in [2.45, 2.75) is 13.3 Å². The van der Waals surface area contributed by atoms with Crippen LogP contribution in [0.25, 0.3) is 16.9 Å². The first-order chi connectivity index (χ1) is 11.7. The molecular weight excluding hydrogens is 324 g/mol. The lowest BCUT2D eigenvalue weighted by Crippen LogP contribution is -2.24. The van der Waals surface area contributed by atoms with Gasteiger partial charge in [-0.05, 0) is 12.0 Å². The number of rotatable bonds is 3. The smallest absolute Gasteiger partial charge is 0.311 e. The molecule has 0 aliphatic carbocycles. The van der Waals surface area contributed by atoms with E-state index in [1.165, 1.54) is 5.56 Å². The molecule has 5 nitrogen and oxygen atoms in total. The summed E-state index contributed by atoms with van der Waals surface area (Å²) in [5, 5.41) is 5.21. The molecule has 2 aromatic heterocycles. The highest BCUT2D eigenvalue weighted by molar-refractivity contribution is 6.29. The Morgan fingerprint density at radius 3 is 2.79 bits per heavy atom. The molecule has 1 aliphatic heterocycles. The minimum atomic E-state index is 0.463. The van der Waals surface area contributed by atoms with Crippen LogP contribution in [0.5, 0.6) is 0 Å². The van der Waals surface area contributed by atoms with Gasteiger partial charge in [0, 0.05) is 11.6 Å². The normalized spacial score (nSPS) is 14.8. The maximum absolute atomic E-state index is 6.21. The highest BCUT2D eigenvalue weighted by atomic mass is 35.5. The maximum Gasteiger partial charge on any atom is 0.311 e. The minimum Gasteiger partial charge on any atom is -0.370 e. The van der Waals surface area contributed by atoms with Gasteiger partial charge >= 0.3 is 5.82 Å². The van der Waals surface area contributed by atoms with Gasteiger partial charge in [0.2, 0.25) is 0 Å². The van der Waals surface area contributed by atoms with Crippen molar-refractivity contribution in [2.24, 2.45) is 0 Å². The summed E-state index contributed by atoms with van der Waals surface area (Å²) in [6.07, 6.45) is 3.03. The van der Waals surface area contributed by atoms with Gasteiger partial charge < -0.3 is 4.74 Å². The number of aromatic nitrogens is 3. The van der Waals surface area contributed by atoms with Crippen LogP contribution >= 0.6 is 11.6 Å². The van der Waals surface area contributed by atoms with Gasteiger partial charge in [-0.1, -0.05) is 52.4 Å². The number of halogens is 1. The molecule has 24 heavy (non-hydrogen) atoms. The molecule has 6 heteroatoms. The van der Waals surface area contributed by atoms with Gasteiger partial charge in [0.15, 0.2) is 0 Å². The predicted octanol–water partition coefficient (Wildman–Crippen LogP) is 3.36. The van der Waals surface area contributed by atoms with Crippen molar-refractivity contribution in [3.63, 3.8) is 0 Å². The summed E-state index contributed by atoms with van der Waals surface area (Å²) in [7, 11) is 0. The number of hydrogen-bond donors (Lipinski definition) is 0. The topological polar surface area (TPSA) is 42.4 Å². The van der Waals surface area contributed by atoms with Crippen molar-refractivity contribution in [1.29, 1.82) is 0 Å². The van der Waals surface area contributed by atoms with Crippen LogP contribution in [0.3, 0.4) is 0 Å². The van der Waals surface area contributed by atoms with Crippen LogP contribution in [0.1, 0.15) is 12.5 Å². The number of aryl methyl sites for hydroxylation is 1. The van der Waals surface area contributed by atoms with Crippen LogP contribution in [0.2, 0.25) is 5.15 Å². The molecule has 0 atom stereocenters. The Labute approximate surface area is 145 Å². The van der Waals surface area contributed by atoms with Crippen molar-refractivity contribution >= 4 is 29.3 Å². The van der Waals surface area contributed by atoms with E-state index in [1.54, 1.807) is 0 Å². The van der Waals surface area contributed by atoms with Crippen molar-refractivity contribution in [3.8, 4) is 11.3 Å². The van der Waals surface area contributed by atoms with E-state index < -0.39 is 0 Å². The number of fused-ring (bicyclic) bond motifs is 1. The van der Waals surface area contributed by atoms with E-state index in [9.17, 15) is 0 Å². The van der Waals surface area contributed by atoms with Gasteiger partial charge in [-0.3, -0.25) is 0 Å². The van der Waals surface area contributed by atoms with Gasteiger partial charge in [0.05, 0.1) is 18.9 Å². The fourth-order valence-electron chi connectivity index (χ4n) is 2.87. The summed E-state index contributed by atoms with van der Waals surface area (Å²) in [5.74, 6) is 0.907. The Hall–Kier alpha value is -2.24. The van der Waals surface area contributed by atoms with Crippen LogP contribution in [0.4, 0.5) is 5.82 Å². The molecule has 0 spiro atoms. The largest absolute Gasteiger partial charge is 0.370 e. The van der Waals surface area contributed by atoms with Crippen LogP contribution in [0.15, 0.2) is 36.4 Å². The van der Waals surface area contributed by atoms with Gasteiger partial charge in [0.25, 0.3) is 5.65 Å². The quantitative estimate of drug-likeness (QED) is 0.542. The van der Waals surface area contributed by atoms with Crippen LogP contribution in [-0.4, -0.2) is 45.1 Å². The monoisotopic (exact) mass is 341 g/mol. The Morgan fingerprint density at radius 1 is 1.25 bits per heavy atom. The molecule has 0 radical (unpaired) electrons. The lowest BCUT2D eigenvalue weighted by Gasteiger charge is -2.11. The average molecular weight is 342 g/mol. The van der Waals surface area contributed by atoms with E-state index >= 15 is 0 Å². The van der Waals surface area contributed by atoms with Gasteiger partial charge in [-0.25, -0.2) is 4.58 Å². The molecule has 3 aromatic rings. The molecule has 0 fully saturated rings. The third-order valence-corrected chi connectivity index (χ3v) is 4.41. The molecular formula is C18H18ClN4O+. The first-order valence-corrected chi connectivity index (χ1v) is 8.46. The fraction of sp³-hybridized carbons (Fsp3) is 0.278. The van der Waals surface area contributed by atoms with Crippen LogP contribution < -0.4 is 0 Å². The predicted molar refractivity (Wildman–Crippen MR) is 94.5 cm³/mol. The molecule has 0 saturated carbocycles. The summed E-state index contributed by atoms with van der Waals surface area (Å²) >= 11 is 6.21. The molecule has 122 valence electrons. The van der Waals surface area contributed by atoms with E-state index in [2.05, 4.69) is 40.7 Å². The number of ether oxygens (including phenoxy) is 1. The second kappa shape index (κ2) is 6.34. The Morgan fingerprint density at radius 2 is 2.08 bits per heavy atom. The molecule has 0 N–H and O–H groups in total. The zero-order valence-electron chi connectivity index (χ0n) is 13.4. The van der Waals surface area contributed by atoms with Crippen molar-refractivity contribution in [2.75, 3.05) is 19.8 Å². The van der Waals surface area contributed by atoms with Gasteiger partial charge in [-0.2, -0.15) is 4.98 Å². The zero-order chi connectivity index (χ0) is 16.5. The van der Waals surface area contributed by atoms with E-state index in [-0.39, 0.29) is 0 Å². The second-order valence-electron chi connectivity index (χ2n) is 5.74. The Balaban J connectivity index is 1.83. The van der Waals surface area contributed by atoms with E-state index in [4.69, 9.17) is 21.4 Å². The first-order valence-electron chi connectivity index (χ1n) is 8.08. The summed E-state index contributed by atoms with van der Waals surface area (Å²) in [4.78, 5) is 4.41. The highest BCUT2D eigenvalue weighted by Crippen LogP contribution is 2.25. The maximum atomic E-state index is 6.21. The summed E-state index contributed by atoms with van der Waals surface area (Å²) in [6, 6.07) is 12.3. The molecule has 4 rings (SSSR count). The molecule has 0 bridgehead atoms. The lowest BCUT2D eigenvalue weighted by atomic mass is 10.1. The van der Waals surface area contributed by atoms with Gasteiger partial charge in [0.1, 0.15) is 24.0 Å². The number of hydrogen-bond acceptors (Lipinski definition) is 3. The molecule has 0 saturated heterocycles. The first kappa shape index (κ1) is 15.3. The zero-order valence-corrected chi connectivity index (χ0v) is 14.2. The standard InChI is InChI=1S/C18H18ClN4O/c1-2-13-3-5-14(6-4-13)15-11-17-20-16(19)12-18(23(17)21-15)22-7-9-24-10-8-22/h3-7,11-12H,2,8-10H2,1H3/q+1. The fourth-order valence-corrected chi connectivity index (χ4v) is 3.06. The van der Waals surface area contributed by atoms with Crippen LogP contribution in [-0.2, 0) is 11.2 Å². The molecule has 0 amide bonds. The van der Waals surface area contributed by atoms with E-state index in [0.717, 1.165) is 35.7 Å². The van der Waals surface area contributed by atoms with Gasteiger partial charge in [-0.15, -0.1) is 0 Å². The SMILES string of the molecule is CCc1ccc(-c2cc3nc(Cl)cc([N+]4=CCOCC4)n3n2)cc1. The number of nitrogens with zero attached hydrogens (tertiary/aromatic N) is 4. The summed E-state index contributed by atoms with van der Waals surface area (Å²) in [6.45, 7) is 4.20. The van der Waals surface area contributed by atoms with Crippen molar-refractivity contribution in [1.82, 2.24) is 14.6 Å². The number of benzene rings is 1. The Bertz CT molecular complexity index is 915. The van der Waals surface area contributed by atoms with E-state index in [0.29, 0.717) is 18.4 Å². The van der Waals surface area contributed by atoms with E-state index in [1.807, 2.05) is 22.9 Å². The summed E-state index contributed by atoms with van der Waals surface area (Å²) < 4.78 is 9.34. The molecule has 0 unspecified atom stereocenters. The van der Waals surface area contributed by atoms with Crippen molar-refractivity contribution < 1.29 is 9.31 Å². The summed E-state index contributed by atoms with van der Waals surface area (Å²) in [5.41, 5.74) is 4.02. The molecule has 1 aliphatic rings. The molecule has 3 heterocycles. The second-order valence-corrected chi connectivity index (χ2v) is 6.13.